The van der Waals surface area contributed by atoms with Gasteiger partial charge in [0.05, 0.1) is 17.9 Å². The highest BCUT2D eigenvalue weighted by atomic mass is 32.2. The Morgan fingerprint density at radius 2 is 1.80 bits per heavy atom. The van der Waals surface area contributed by atoms with Crippen LogP contribution in [0.2, 0.25) is 0 Å². The Hall–Kier alpha value is -2.41. The molecule has 0 aliphatic rings. The Balaban J connectivity index is 2.03. The average Bonchev–Trinajstić information content (AvgIpc) is 2.54. The van der Waals surface area contributed by atoms with E-state index in [1.54, 1.807) is 6.92 Å². The van der Waals surface area contributed by atoms with Crippen LogP contribution in [0.1, 0.15) is 29.5 Å². The fourth-order valence-corrected chi connectivity index (χ4v) is 2.85. The highest BCUT2D eigenvalue weighted by Gasteiger charge is 2.17. The lowest BCUT2D eigenvalue weighted by Gasteiger charge is -2.14. The van der Waals surface area contributed by atoms with Gasteiger partial charge in [-0.3, -0.25) is 9.52 Å². The summed E-state index contributed by atoms with van der Waals surface area (Å²) in [6.45, 7) is 4.05. The van der Waals surface area contributed by atoms with Crippen LogP contribution in [0.5, 0.6) is 0 Å². The molecule has 0 fully saturated rings. The van der Waals surface area contributed by atoms with E-state index in [1.807, 2.05) is 31.2 Å². The number of hydrogen-bond acceptors (Lipinski definition) is 3. The lowest BCUT2D eigenvalue weighted by atomic mass is 9.99. The number of anilines is 1. The predicted molar refractivity (Wildman–Crippen MR) is 96.3 cm³/mol. The van der Waals surface area contributed by atoms with Gasteiger partial charge >= 0.3 is 0 Å². The van der Waals surface area contributed by atoms with Gasteiger partial charge in [-0.25, -0.2) is 12.8 Å². The minimum absolute atomic E-state index is 0.140. The molecule has 0 aliphatic carbocycles. The highest BCUT2D eigenvalue weighted by Crippen LogP contribution is 2.22. The first kappa shape index (κ1) is 18.9. The Kier molecular flexibility index (Phi) is 5.79. The third kappa shape index (κ3) is 5.56. The van der Waals surface area contributed by atoms with Crippen molar-refractivity contribution in [2.75, 3.05) is 11.0 Å². The number of carbonyl (C=O) groups excluding carboxylic acids is 1. The molecule has 2 aromatic rings. The third-order valence-electron chi connectivity index (χ3n) is 3.77. The minimum atomic E-state index is -3.56. The van der Waals surface area contributed by atoms with E-state index in [4.69, 9.17) is 0 Å². The number of sulfonamides is 1. The lowest BCUT2D eigenvalue weighted by molar-refractivity contribution is -0.122. The minimum Gasteiger partial charge on any atom is -0.352 e. The summed E-state index contributed by atoms with van der Waals surface area (Å²) in [5, 5.41) is 2.82. The molecule has 1 atom stereocenters. The second-order valence-electron chi connectivity index (χ2n) is 6.04. The number of rotatable bonds is 6. The second-order valence-corrected chi connectivity index (χ2v) is 7.79. The lowest BCUT2D eigenvalue weighted by Crippen LogP contribution is -2.27. The fourth-order valence-electron chi connectivity index (χ4n) is 2.28. The van der Waals surface area contributed by atoms with E-state index in [2.05, 4.69) is 10.0 Å². The van der Waals surface area contributed by atoms with E-state index in [1.165, 1.54) is 18.2 Å². The molecule has 1 amide bonds. The molecule has 0 aromatic heterocycles. The van der Waals surface area contributed by atoms with Gasteiger partial charge < -0.3 is 5.32 Å². The van der Waals surface area contributed by atoms with Crippen LogP contribution in [-0.4, -0.2) is 20.6 Å². The number of halogens is 1. The molecule has 0 radical (unpaired) electrons. The van der Waals surface area contributed by atoms with Gasteiger partial charge in [0, 0.05) is 6.54 Å². The molecule has 0 heterocycles. The molecule has 2 N–H and O–H groups in total. The summed E-state index contributed by atoms with van der Waals surface area (Å²) in [7, 11) is -3.56. The largest absolute Gasteiger partial charge is 0.352 e. The van der Waals surface area contributed by atoms with E-state index in [0.29, 0.717) is 12.1 Å². The van der Waals surface area contributed by atoms with Gasteiger partial charge in [-0.15, -0.1) is 0 Å². The first-order valence-corrected chi connectivity index (χ1v) is 9.65. The molecule has 5 nitrogen and oxygen atoms in total. The van der Waals surface area contributed by atoms with Crippen molar-refractivity contribution in [3.63, 3.8) is 0 Å². The summed E-state index contributed by atoms with van der Waals surface area (Å²) in [6.07, 6.45) is 0.946. The van der Waals surface area contributed by atoms with E-state index < -0.39 is 21.8 Å². The Morgan fingerprint density at radius 1 is 1.16 bits per heavy atom. The first-order valence-electron chi connectivity index (χ1n) is 7.76. The summed E-state index contributed by atoms with van der Waals surface area (Å²) in [4.78, 5) is 12.3. The Morgan fingerprint density at radius 3 is 2.36 bits per heavy atom. The summed E-state index contributed by atoms with van der Waals surface area (Å²) in [6, 6.07) is 11.8. The molecular formula is C18H21FN2O3S. The molecular weight excluding hydrogens is 343 g/mol. The zero-order valence-corrected chi connectivity index (χ0v) is 15.2. The standard InChI is InChI=1S/C18H21FN2O3S/c1-12-4-6-14(7-5-12)11-20-18(22)13(2)15-8-9-17(16(19)10-15)21-25(3,23)24/h4-10,13,21H,11H2,1-3H3,(H,20,22). The number of benzene rings is 2. The van der Waals surface area contributed by atoms with Crippen molar-refractivity contribution in [3.8, 4) is 0 Å². The molecule has 2 aromatic carbocycles. The monoisotopic (exact) mass is 364 g/mol. The Bertz CT molecular complexity index is 864. The molecule has 0 bridgehead atoms. The van der Waals surface area contributed by atoms with Gasteiger partial charge in [0.25, 0.3) is 0 Å². The molecule has 1 unspecified atom stereocenters. The smallest absolute Gasteiger partial charge is 0.229 e. The average molecular weight is 364 g/mol. The quantitative estimate of drug-likeness (QED) is 0.827. The van der Waals surface area contributed by atoms with Gasteiger partial charge in [0.1, 0.15) is 5.82 Å². The van der Waals surface area contributed by atoms with Crippen LogP contribution in [0.4, 0.5) is 10.1 Å². The van der Waals surface area contributed by atoms with Gasteiger partial charge in [-0.2, -0.15) is 0 Å². The molecule has 0 aliphatic heterocycles. The molecule has 0 saturated heterocycles. The molecule has 134 valence electrons. The first-order chi connectivity index (χ1) is 11.7. The number of hydrogen-bond donors (Lipinski definition) is 2. The van der Waals surface area contributed by atoms with E-state index in [-0.39, 0.29) is 11.6 Å². The molecule has 25 heavy (non-hydrogen) atoms. The van der Waals surface area contributed by atoms with E-state index in [0.717, 1.165) is 17.4 Å². The van der Waals surface area contributed by atoms with Crippen molar-refractivity contribution in [2.45, 2.75) is 26.3 Å². The number of aryl methyl sites for hydroxylation is 1. The van der Waals surface area contributed by atoms with Crippen LogP contribution in [-0.2, 0) is 21.4 Å². The summed E-state index contributed by atoms with van der Waals surface area (Å²) < 4.78 is 38.5. The van der Waals surface area contributed by atoms with Crippen molar-refractivity contribution in [1.29, 1.82) is 0 Å². The van der Waals surface area contributed by atoms with Crippen molar-refractivity contribution in [3.05, 3.63) is 65.0 Å². The molecule has 0 spiro atoms. The second kappa shape index (κ2) is 7.65. The number of amides is 1. The zero-order valence-electron chi connectivity index (χ0n) is 14.3. The van der Waals surface area contributed by atoms with Crippen molar-refractivity contribution in [2.24, 2.45) is 0 Å². The normalized spacial score (nSPS) is 12.5. The molecule has 2 rings (SSSR count). The van der Waals surface area contributed by atoms with Crippen LogP contribution in [0.15, 0.2) is 42.5 Å². The molecule has 7 heteroatoms. The maximum Gasteiger partial charge on any atom is 0.229 e. The highest BCUT2D eigenvalue weighted by molar-refractivity contribution is 7.92. The van der Waals surface area contributed by atoms with Crippen LogP contribution in [0, 0.1) is 12.7 Å². The van der Waals surface area contributed by atoms with Gasteiger partial charge in [-0.05, 0) is 37.1 Å². The SMILES string of the molecule is Cc1ccc(CNC(=O)C(C)c2ccc(NS(C)(=O)=O)c(F)c2)cc1. The van der Waals surface area contributed by atoms with Crippen molar-refractivity contribution in [1.82, 2.24) is 5.32 Å². The van der Waals surface area contributed by atoms with E-state index in [9.17, 15) is 17.6 Å². The summed E-state index contributed by atoms with van der Waals surface area (Å²) >= 11 is 0. The third-order valence-corrected chi connectivity index (χ3v) is 4.36. The number of carbonyl (C=O) groups is 1. The zero-order chi connectivity index (χ0) is 18.6. The van der Waals surface area contributed by atoms with Crippen molar-refractivity contribution >= 4 is 21.6 Å². The molecule has 0 saturated carbocycles. The maximum absolute atomic E-state index is 14.0. The Labute approximate surface area is 147 Å². The fraction of sp³-hybridized carbons (Fsp3) is 0.278. The summed E-state index contributed by atoms with van der Waals surface area (Å²) in [5.74, 6) is -1.52. The van der Waals surface area contributed by atoms with Gasteiger partial charge in [0.2, 0.25) is 15.9 Å². The van der Waals surface area contributed by atoms with Crippen LogP contribution in [0.3, 0.4) is 0 Å². The van der Waals surface area contributed by atoms with Crippen LogP contribution < -0.4 is 10.0 Å². The van der Waals surface area contributed by atoms with E-state index >= 15 is 0 Å². The summed E-state index contributed by atoms with van der Waals surface area (Å²) in [5.41, 5.74) is 2.45. The van der Waals surface area contributed by atoms with Crippen molar-refractivity contribution < 1.29 is 17.6 Å². The van der Waals surface area contributed by atoms with Gasteiger partial charge in [-0.1, -0.05) is 35.9 Å². The maximum atomic E-state index is 14.0. The van der Waals surface area contributed by atoms with Crippen LogP contribution >= 0.6 is 0 Å². The topological polar surface area (TPSA) is 75.3 Å². The van der Waals surface area contributed by atoms with Crippen LogP contribution in [0.25, 0.3) is 0 Å². The number of nitrogens with one attached hydrogen (secondary N) is 2. The predicted octanol–water partition coefficient (Wildman–Crippen LogP) is 2.93. The van der Waals surface area contributed by atoms with Gasteiger partial charge in [0.15, 0.2) is 0 Å².